The number of aromatic nitrogens is 2. The lowest BCUT2D eigenvalue weighted by Gasteiger charge is -2.08. The van der Waals surface area contributed by atoms with Gasteiger partial charge in [-0.25, -0.2) is 0 Å². The number of nitrogens with one attached hydrogen (secondary N) is 3. The maximum absolute atomic E-state index is 8.96. The summed E-state index contributed by atoms with van der Waals surface area (Å²) in [6.45, 7) is 3.23. The Morgan fingerprint density at radius 2 is 1.89 bits per heavy atom. The summed E-state index contributed by atoms with van der Waals surface area (Å²) in [5, 5.41) is 21.0. The van der Waals surface area contributed by atoms with Crippen molar-refractivity contribution in [2.45, 2.75) is 13.3 Å². The fourth-order valence-electron chi connectivity index (χ4n) is 3.24. The highest BCUT2D eigenvalue weighted by atomic mass is 16.5. The first-order valence-corrected chi connectivity index (χ1v) is 9.15. The smallest absolute Gasteiger partial charge is 0.132 e. The van der Waals surface area contributed by atoms with Gasteiger partial charge in [0.15, 0.2) is 0 Å². The SMILES string of the molecule is CCOc1cccc(Nc2[nH][nH]c3c4cccc(OCCCO)c4cc2-3)c1. The Bertz CT molecular complexity index is 1010. The van der Waals surface area contributed by atoms with Crippen LogP contribution in [0, 0.1) is 0 Å². The molecule has 6 heteroatoms. The summed E-state index contributed by atoms with van der Waals surface area (Å²) in [7, 11) is 0. The second-order valence-electron chi connectivity index (χ2n) is 6.29. The first-order chi connectivity index (χ1) is 13.3. The third-order valence-electron chi connectivity index (χ3n) is 4.45. The Hall–Kier alpha value is -3.12. The fraction of sp³-hybridized carbons (Fsp3) is 0.238. The molecular formula is C21H23N3O3. The van der Waals surface area contributed by atoms with Gasteiger partial charge in [-0.2, -0.15) is 0 Å². The Morgan fingerprint density at radius 3 is 2.74 bits per heavy atom. The van der Waals surface area contributed by atoms with Crippen molar-refractivity contribution in [2.24, 2.45) is 0 Å². The Morgan fingerprint density at radius 1 is 1.00 bits per heavy atom. The summed E-state index contributed by atoms with van der Waals surface area (Å²) < 4.78 is 11.4. The van der Waals surface area contributed by atoms with Crippen LogP contribution in [0.25, 0.3) is 22.0 Å². The van der Waals surface area contributed by atoms with Crippen LogP contribution in [0.2, 0.25) is 0 Å². The third-order valence-corrected chi connectivity index (χ3v) is 4.45. The van der Waals surface area contributed by atoms with Gasteiger partial charge in [0.2, 0.25) is 0 Å². The predicted octanol–water partition coefficient (Wildman–Crippen LogP) is 4.50. The normalized spacial score (nSPS) is 11.2. The van der Waals surface area contributed by atoms with Gasteiger partial charge < -0.3 is 19.9 Å². The number of benzene rings is 2. The molecule has 0 saturated carbocycles. The standard InChI is InChI=1S/C21H23N3O3/c1-2-26-15-7-3-6-14(12-15)22-21-18-13-17-16(20(18)23-24-21)8-4-9-19(17)27-11-5-10-25/h3-4,6-9,12-13,22-25H,2,5,10-11H2,1H3. The van der Waals surface area contributed by atoms with Crippen LogP contribution in [0.1, 0.15) is 13.3 Å². The Kier molecular flexibility index (Phi) is 4.89. The van der Waals surface area contributed by atoms with E-state index in [2.05, 4.69) is 27.6 Å². The van der Waals surface area contributed by atoms with Gasteiger partial charge in [0.1, 0.15) is 17.3 Å². The highest BCUT2D eigenvalue weighted by Crippen LogP contribution is 2.41. The number of rotatable bonds is 8. The number of aromatic amines is 2. The molecule has 4 rings (SSSR count). The minimum absolute atomic E-state index is 0.127. The molecule has 0 amide bonds. The fourth-order valence-corrected chi connectivity index (χ4v) is 3.24. The number of ether oxygens (including phenoxy) is 2. The minimum Gasteiger partial charge on any atom is -0.494 e. The summed E-state index contributed by atoms with van der Waals surface area (Å²) in [6.07, 6.45) is 0.617. The van der Waals surface area contributed by atoms with E-state index in [1.54, 1.807) is 0 Å². The van der Waals surface area contributed by atoms with Crippen molar-refractivity contribution >= 4 is 22.3 Å². The van der Waals surface area contributed by atoms with E-state index in [4.69, 9.17) is 14.6 Å². The van der Waals surface area contributed by atoms with E-state index < -0.39 is 0 Å². The number of aliphatic hydroxyl groups is 1. The van der Waals surface area contributed by atoms with Gasteiger partial charge in [0, 0.05) is 41.1 Å². The van der Waals surface area contributed by atoms with Crippen LogP contribution in [0.4, 0.5) is 11.5 Å². The lowest BCUT2D eigenvalue weighted by molar-refractivity contribution is 0.235. The van der Waals surface area contributed by atoms with E-state index in [9.17, 15) is 0 Å². The molecule has 0 saturated heterocycles. The van der Waals surface area contributed by atoms with Crippen molar-refractivity contribution < 1.29 is 14.6 Å². The van der Waals surface area contributed by atoms with Gasteiger partial charge in [-0.05, 0) is 31.2 Å². The van der Waals surface area contributed by atoms with E-state index >= 15 is 0 Å². The number of hydrogen-bond acceptors (Lipinski definition) is 4. The van der Waals surface area contributed by atoms with Crippen LogP contribution >= 0.6 is 0 Å². The molecule has 1 aliphatic carbocycles. The molecule has 2 aromatic rings. The summed E-state index contributed by atoms with van der Waals surface area (Å²) in [5.41, 5.74) is 3.04. The van der Waals surface area contributed by atoms with Crippen LogP contribution in [-0.4, -0.2) is 35.1 Å². The molecule has 0 spiro atoms. The number of H-pyrrole nitrogens is 2. The highest BCUT2D eigenvalue weighted by Gasteiger charge is 2.19. The Labute approximate surface area is 157 Å². The van der Waals surface area contributed by atoms with Crippen molar-refractivity contribution in [1.29, 1.82) is 0 Å². The van der Waals surface area contributed by atoms with Crippen LogP contribution < -0.4 is 14.8 Å². The molecule has 1 aliphatic heterocycles. The van der Waals surface area contributed by atoms with E-state index in [0.717, 1.165) is 45.0 Å². The molecule has 0 bridgehead atoms. The van der Waals surface area contributed by atoms with Crippen molar-refractivity contribution in [3.63, 3.8) is 0 Å². The predicted molar refractivity (Wildman–Crippen MR) is 107 cm³/mol. The molecule has 0 radical (unpaired) electrons. The van der Waals surface area contributed by atoms with Gasteiger partial charge in [-0.3, -0.25) is 10.2 Å². The molecule has 0 unspecified atom stereocenters. The maximum Gasteiger partial charge on any atom is 0.132 e. The average Bonchev–Trinajstić information content (AvgIpc) is 3.23. The molecule has 4 N–H and O–H groups in total. The molecule has 0 aromatic heterocycles. The maximum atomic E-state index is 8.96. The van der Waals surface area contributed by atoms with E-state index in [0.29, 0.717) is 19.6 Å². The Balaban J connectivity index is 1.65. The van der Waals surface area contributed by atoms with Crippen LogP contribution in [0.15, 0.2) is 48.5 Å². The van der Waals surface area contributed by atoms with E-state index in [1.165, 1.54) is 0 Å². The van der Waals surface area contributed by atoms with Crippen molar-refractivity contribution in [2.75, 3.05) is 25.1 Å². The molecular weight excluding hydrogens is 342 g/mol. The lowest BCUT2D eigenvalue weighted by Crippen LogP contribution is -1.99. The molecule has 2 aliphatic rings. The molecule has 27 heavy (non-hydrogen) atoms. The summed E-state index contributed by atoms with van der Waals surface area (Å²) in [5.74, 6) is 2.55. The number of anilines is 2. The number of aliphatic hydroxyl groups excluding tert-OH is 1. The second kappa shape index (κ2) is 7.63. The van der Waals surface area contributed by atoms with Crippen LogP contribution in [-0.2, 0) is 0 Å². The van der Waals surface area contributed by atoms with Gasteiger partial charge in [0.05, 0.1) is 18.9 Å². The molecule has 140 valence electrons. The van der Waals surface area contributed by atoms with Crippen molar-refractivity contribution in [1.82, 2.24) is 10.2 Å². The molecule has 1 heterocycles. The van der Waals surface area contributed by atoms with Crippen LogP contribution in [0.3, 0.4) is 0 Å². The largest absolute Gasteiger partial charge is 0.494 e. The summed E-state index contributed by atoms with van der Waals surface area (Å²) >= 11 is 0. The van der Waals surface area contributed by atoms with Crippen molar-refractivity contribution in [3.05, 3.63) is 48.5 Å². The molecule has 2 aromatic carbocycles. The zero-order valence-electron chi connectivity index (χ0n) is 15.2. The quantitative estimate of drug-likeness (QED) is 0.346. The van der Waals surface area contributed by atoms with Gasteiger partial charge in [-0.15, -0.1) is 0 Å². The van der Waals surface area contributed by atoms with Crippen molar-refractivity contribution in [3.8, 4) is 22.8 Å². The molecule has 0 atom stereocenters. The topological polar surface area (TPSA) is 82.3 Å². The zero-order valence-corrected chi connectivity index (χ0v) is 15.2. The van der Waals surface area contributed by atoms with Crippen LogP contribution in [0.5, 0.6) is 11.5 Å². The average molecular weight is 365 g/mol. The molecule has 6 nitrogen and oxygen atoms in total. The third kappa shape index (κ3) is 3.44. The summed E-state index contributed by atoms with van der Waals surface area (Å²) in [4.78, 5) is 0. The lowest BCUT2D eigenvalue weighted by atomic mass is 10.2. The monoisotopic (exact) mass is 365 g/mol. The van der Waals surface area contributed by atoms with E-state index in [1.807, 2.05) is 43.3 Å². The molecule has 0 fully saturated rings. The number of hydrogen-bond donors (Lipinski definition) is 4. The first kappa shape index (κ1) is 17.3. The van der Waals surface area contributed by atoms with Gasteiger partial charge in [-0.1, -0.05) is 18.2 Å². The van der Waals surface area contributed by atoms with E-state index in [-0.39, 0.29) is 6.61 Å². The first-order valence-electron chi connectivity index (χ1n) is 9.15. The van der Waals surface area contributed by atoms with Gasteiger partial charge in [0.25, 0.3) is 0 Å². The van der Waals surface area contributed by atoms with Gasteiger partial charge >= 0.3 is 0 Å². The highest BCUT2D eigenvalue weighted by molar-refractivity contribution is 6.06. The minimum atomic E-state index is 0.127. The number of fused-ring (bicyclic) bond motifs is 3. The second-order valence-corrected chi connectivity index (χ2v) is 6.29. The zero-order chi connectivity index (χ0) is 18.6. The summed E-state index contributed by atoms with van der Waals surface area (Å²) in [6, 6.07) is 16.0.